The number of nitrogens with zero attached hydrogens (tertiary/aromatic N) is 2. The average Bonchev–Trinajstić information content (AvgIpc) is 2.83. The zero-order valence-corrected chi connectivity index (χ0v) is 20.2. The highest BCUT2D eigenvalue weighted by atomic mass is 16.5. The number of hydrogen-bond donors (Lipinski definition) is 1. The lowest BCUT2D eigenvalue weighted by Crippen LogP contribution is -2.45. The van der Waals surface area contributed by atoms with E-state index in [2.05, 4.69) is 0 Å². The number of aliphatic hydroxyl groups excluding tert-OH is 1. The molecule has 0 aliphatic carbocycles. The minimum Gasteiger partial charge on any atom is -0.482 e. The summed E-state index contributed by atoms with van der Waals surface area (Å²) in [5.74, 6) is -1.39. The predicted octanol–water partition coefficient (Wildman–Crippen LogP) is 3.59. The Morgan fingerprint density at radius 2 is 2.06 bits per heavy atom. The van der Waals surface area contributed by atoms with Gasteiger partial charge in [-0.3, -0.25) is 14.5 Å². The molecule has 3 rings (SSSR count). The number of carbonyl (C=O) groups is 3. The summed E-state index contributed by atoms with van der Waals surface area (Å²) in [4.78, 5) is 38.9. The molecule has 8 nitrogen and oxygen atoms in total. The van der Waals surface area contributed by atoms with Gasteiger partial charge in [0.05, 0.1) is 24.8 Å². The molecule has 2 unspecified atom stereocenters. The summed E-state index contributed by atoms with van der Waals surface area (Å²) in [6.07, 6.45) is 5.98. The number of aliphatic hydroxyl groups is 1. The quantitative estimate of drug-likeness (QED) is 0.363. The molecule has 0 aromatic heterocycles. The van der Waals surface area contributed by atoms with E-state index in [-0.39, 0.29) is 23.3 Å². The third-order valence-electron chi connectivity index (χ3n) is 5.62. The van der Waals surface area contributed by atoms with Gasteiger partial charge in [0.1, 0.15) is 23.5 Å². The van der Waals surface area contributed by atoms with Gasteiger partial charge in [-0.2, -0.15) is 5.26 Å². The molecule has 1 aromatic rings. The van der Waals surface area contributed by atoms with Gasteiger partial charge in [0.25, 0.3) is 11.8 Å². The van der Waals surface area contributed by atoms with E-state index in [0.717, 1.165) is 22.4 Å². The van der Waals surface area contributed by atoms with Crippen LogP contribution in [0.5, 0.6) is 0 Å². The Labute approximate surface area is 204 Å². The third kappa shape index (κ3) is 5.58. The average molecular weight is 477 g/mol. The van der Waals surface area contributed by atoms with Gasteiger partial charge in [-0.05, 0) is 68.2 Å². The molecule has 0 saturated heterocycles. The number of aryl methyl sites for hydroxylation is 1. The summed E-state index contributed by atoms with van der Waals surface area (Å²) in [5, 5.41) is 19.2. The molecule has 0 fully saturated rings. The molecule has 0 spiro atoms. The number of β-amino-alcohol motifs (C(OH)–C–C–N with tert-alkyl or cyclic N) is 1. The predicted molar refractivity (Wildman–Crippen MR) is 128 cm³/mol. The molecule has 0 bridgehead atoms. The van der Waals surface area contributed by atoms with Crippen LogP contribution in [0.3, 0.4) is 0 Å². The van der Waals surface area contributed by atoms with Crippen LogP contribution in [0.4, 0.5) is 0 Å². The van der Waals surface area contributed by atoms with Crippen LogP contribution in [0.15, 0.2) is 65.0 Å². The van der Waals surface area contributed by atoms with E-state index >= 15 is 0 Å². The minimum atomic E-state index is -0.945. The molecular weight excluding hydrogens is 448 g/mol. The molecule has 2 heterocycles. The van der Waals surface area contributed by atoms with Crippen molar-refractivity contribution in [1.29, 1.82) is 5.26 Å². The first-order valence-electron chi connectivity index (χ1n) is 11.4. The number of rotatable bonds is 7. The highest BCUT2D eigenvalue weighted by Gasteiger charge is 2.36. The standard InChI is InChI=1S/C27H28N2O6/c1-5-11-34-27(33)21-12-19(10-9-16(21)2)24-8-6-7-20(35-24)13-22-18(4)23(14-28)26(32)29(25(22)31)15-17(3)30/h6-10,12-13,17,24,30H,5,11,15H2,1-4H3/b22-13+. The van der Waals surface area contributed by atoms with Gasteiger partial charge in [-0.15, -0.1) is 0 Å². The summed E-state index contributed by atoms with van der Waals surface area (Å²) in [6, 6.07) is 7.26. The van der Waals surface area contributed by atoms with Crippen molar-refractivity contribution in [2.75, 3.05) is 13.2 Å². The highest BCUT2D eigenvalue weighted by molar-refractivity contribution is 6.18. The second kappa shape index (κ2) is 11.0. The lowest BCUT2D eigenvalue weighted by atomic mass is 9.94. The van der Waals surface area contributed by atoms with Crippen molar-refractivity contribution < 1.29 is 29.0 Å². The number of nitriles is 1. The molecule has 1 N–H and O–H groups in total. The zero-order valence-electron chi connectivity index (χ0n) is 20.2. The van der Waals surface area contributed by atoms with Crippen molar-refractivity contribution in [3.05, 3.63) is 81.7 Å². The van der Waals surface area contributed by atoms with E-state index in [1.54, 1.807) is 18.2 Å². The monoisotopic (exact) mass is 476 g/mol. The fraction of sp³-hybridized carbons (Fsp3) is 0.333. The van der Waals surface area contributed by atoms with Gasteiger partial charge in [-0.1, -0.05) is 25.1 Å². The van der Waals surface area contributed by atoms with Crippen molar-refractivity contribution in [2.45, 2.75) is 46.3 Å². The molecule has 1 aromatic carbocycles. The Morgan fingerprint density at radius 1 is 1.31 bits per heavy atom. The van der Waals surface area contributed by atoms with Crippen LogP contribution in [0.25, 0.3) is 0 Å². The maximum Gasteiger partial charge on any atom is 0.338 e. The van der Waals surface area contributed by atoms with Gasteiger partial charge in [0.15, 0.2) is 0 Å². The van der Waals surface area contributed by atoms with Gasteiger partial charge in [-0.25, -0.2) is 4.79 Å². The second-order valence-electron chi connectivity index (χ2n) is 8.44. The van der Waals surface area contributed by atoms with Gasteiger partial charge in [0.2, 0.25) is 0 Å². The number of ether oxygens (including phenoxy) is 2. The van der Waals surface area contributed by atoms with Crippen molar-refractivity contribution >= 4 is 17.8 Å². The summed E-state index contributed by atoms with van der Waals surface area (Å²) in [7, 11) is 0. The largest absolute Gasteiger partial charge is 0.482 e. The van der Waals surface area contributed by atoms with Crippen LogP contribution in [0.2, 0.25) is 0 Å². The zero-order chi connectivity index (χ0) is 25.7. The van der Waals surface area contributed by atoms with E-state index in [0.29, 0.717) is 17.9 Å². The molecule has 8 heteroatoms. The first kappa shape index (κ1) is 25.7. The molecule has 2 amide bonds. The maximum atomic E-state index is 13.0. The molecule has 2 aliphatic rings. The van der Waals surface area contributed by atoms with E-state index in [4.69, 9.17) is 9.47 Å². The topological polar surface area (TPSA) is 117 Å². The molecule has 0 saturated carbocycles. The molecule has 2 aliphatic heterocycles. The lowest BCUT2D eigenvalue weighted by molar-refractivity contribution is -0.142. The number of hydrogen-bond acceptors (Lipinski definition) is 7. The molecule has 182 valence electrons. The number of allylic oxidation sites excluding steroid dienone is 3. The molecule has 35 heavy (non-hydrogen) atoms. The number of esters is 1. The normalized spacial score (nSPS) is 19.9. The van der Waals surface area contributed by atoms with Crippen LogP contribution in [0, 0.1) is 18.3 Å². The third-order valence-corrected chi connectivity index (χ3v) is 5.62. The van der Waals surface area contributed by atoms with Crippen molar-refractivity contribution in [3.8, 4) is 6.07 Å². The number of imide groups is 1. The summed E-state index contributed by atoms with van der Waals surface area (Å²) >= 11 is 0. The lowest BCUT2D eigenvalue weighted by Gasteiger charge is -2.29. The smallest absolute Gasteiger partial charge is 0.338 e. The first-order valence-corrected chi connectivity index (χ1v) is 11.4. The van der Waals surface area contributed by atoms with Crippen LogP contribution >= 0.6 is 0 Å². The van der Waals surface area contributed by atoms with E-state index in [1.807, 2.05) is 38.1 Å². The van der Waals surface area contributed by atoms with E-state index < -0.39 is 30.0 Å². The second-order valence-corrected chi connectivity index (χ2v) is 8.44. The maximum absolute atomic E-state index is 13.0. The van der Waals surface area contributed by atoms with Crippen molar-refractivity contribution in [3.63, 3.8) is 0 Å². The van der Waals surface area contributed by atoms with Crippen molar-refractivity contribution in [2.24, 2.45) is 0 Å². The van der Waals surface area contributed by atoms with Crippen LogP contribution in [0.1, 0.15) is 54.8 Å². The Bertz CT molecular complexity index is 1210. The summed E-state index contributed by atoms with van der Waals surface area (Å²) in [5.41, 5.74) is 2.19. The van der Waals surface area contributed by atoms with Crippen LogP contribution in [-0.2, 0) is 19.1 Å². The number of benzene rings is 1. The van der Waals surface area contributed by atoms with Crippen LogP contribution < -0.4 is 0 Å². The Morgan fingerprint density at radius 3 is 2.71 bits per heavy atom. The first-order chi connectivity index (χ1) is 16.7. The Balaban J connectivity index is 1.91. The van der Waals surface area contributed by atoms with E-state index in [9.17, 15) is 24.8 Å². The number of carbonyl (C=O) groups excluding carboxylic acids is 3. The fourth-order valence-electron chi connectivity index (χ4n) is 3.75. The summed E-state index contributed by atoms with van der Waals surface area (Å²) < 4.78 is 11.3. The number of amides is 2. The molecule has 0 radical (unpaired) electrons. The highest BCUT2D eigenvalue weighted by Crippen LogP contribution is 2.31. The van der Waals surface area contributed by atoms with E-state index in [1.165, 1.54) is 19.9 Å². The summed E-state index contributed by atoms with van der Waals surface area (Å²) in [6.45, 7) is 6.85. The molecule has 2 atom stereocenters. The Kier molecular flexibility index (Phi) is 8.05. The SMILES string of the molecule is CCCOC(=O)c1cc(C2C=CC=C(/C=C3/C(=O)N(CC(C)O)C(=O)C(C#N)=C3C)O2)ccc1C. The Hall–Kier alpha value is -3.96. The minimum absolute atomic E-state index is 0.134. The van der Waals surface area contributed by atoms with Crippen LogP contribution in [-0.4, -0.2) is 47.0 Å². The van der Waals surface area contributed by atoms with Gasteiger partial charge >= 0.3 is 5.97 Å². The van der Waals surface area contributed by atoms with Gasteiger partial charge < -0.3 is 14.6 Å². The fourth-order valence-corrected chi connectivity index (χ4v) is 3.75. The van der Waals surface area contributed by atoms with Gasteiger partial charge in [0, 0.05) is 5.57 Å². The molecular formula is C27H28N2O6. The van der Waals surface area contributed by atoms with Crippen molar-refractivity contribution in [1.82, 2.24) is 4.90 Å².